The molecule has 0 spiro atoms. The molecule has 1 atom stereocenters. The van der Waals surface area contributed by atoms with Gasteiger partial charge in [-0.25, -0.2) is 4.98 Å². The average molecular weight is 482 g/mol. The third-order valence-corrected chi connectivity index (χ3v) is 6.63. The van der Waals surface area contributed by atoms with Gasteiger partial charge in [-0.1, -0.05) is 82.3 Å². The Morgan fingerprint density at radius 2 is 1.56 bits per heavy atom. The van der Waals surface area contributed by atoms with E-state index in [0.29, 0.717) is 23.3 Å². The van der Waals surface area contributed by atoms with Crippen LogP contribution in [0.15, 0.2) is 83.7 Å². The summed E-state index contributed by atoms with van der Waals surface area (Å²) >= 11 is 0. The van der Waals surface area contributed by atoms with Gasteiger partial charge in [0.15, 0.2) is 0 Å². The molecule has 1 amide bonds. The Balaban J connectivity index is 1.86. The Hall–Kier alpha value is -3.73. The van der Waals surface area contributed by atoms with E-state index >= 15 is 0 Å². The van der Waals surface area contributed by atoms with Crippen molar-refractivity contribution < 1.29 is 4.79 Å². The standard InChI is InChI=1S/C31H35N3O2/c1-6-23-16-18-25(19-17-23)34-28(32-27-15-11-10-14-26(27)29(34)35)22(2)33(30(36)31(3,4)5)21-20-24-12-8-7-9-13-24/h7-19,22H,6,20-21H2,1-5H3. The van der Waals surface area contributed by atoms with Crippen molar-refractivity contribution in [1.82, 2.24) is 14.5 Å². The lowest BCUT2D eigenvalue weighted by molar-refractivity contribution is -0.142. The third-order valence-electron chi connectivity index (χ3n) is 6.63. The minimum absolute atomic E-state index is 0.0289. The maximum absolute atomic E-state index is 13.8. The number of aromatic nitrogens is 2. The normalized spacial score (nSPS) is 12.5. The Morgan fingerprint density at radius 3 is 2.19 bits per heavy atom. The van der Waals surface area contributed by atoms with Crippen LogP contribution >= 0.6 is 0 Å². The van der Waals surface area contributed by atoms with Gasteiger partial charge in [-0.15, -0.1) is 0 Å². The van der Waals surface area contributed by atoms with Crippen LogP contribution in [0.3, 0.4) is 0 Å². The van der Waals surface area contributed by atoms with Gasteiger partial charge in [0.05, 0.1) is 22.6 Å². The van der Waals surface area contributed by atoms with Gasteiger partial charge in [0.1, 0.15) is 5.82 Å². The van der Waals surface area contributed by atoms with Crippen molar-refractivity contribution in [3.05, 3.63) is 106 Å². The van der Waals surface area contributed by atoms with Gasteiger partial charge in [-0.05, 0) is 55.2 Å². The predicted octanol–water partition coefficient (Wildman–Crippen LogP) is 6.13. The van der Waals surface area contributed by atoms with Gasteiger partial charge in [0, 0.05) is 12.0 Å². The number of amides is 1. The summed E-state index contributed by atoms with van der Waals surface area (Å²) in [6.45, 7) is 10.4. The quantitative estimate of drug-likeness (QED) is 0.319. The van der Waals surface area contributed by atoms with Crippen molar-refractivity contribution in [2.45, 2.75) is 53.5 Å². The molecular formula is C31H35N3O2. The zero-order chi connectivity index (χ0) is 25.9. The molecule has 4 aromatic rings. The molecule has 0 aliphatic rings. The maximum atomic E-state index is 13.8. The molecule has 3 aromatic carbocycles. The van der Waals surface area contributed by atoms with Crippen LogP contribution in [-0.4, -0.2) is 26.9 Å². The molecule has 186 valence electrons. The molecule has 0 aliphatic carbocycles. The number of para-hydroxylation sites is 1. The fourth-order valence-electron chi connectivity index (χ4n) is 4.50. The molecule has 0 radical (unpaired) electrons. The highest BCUT2D eigenvalue weighted by Crippen LogP contribution is 2.28. The largest absolute Gasteiger partial charge is 0.332 e. The van der Waals surface area contributed by atoms with E-state index in [1.54, 1.807) is 4.57 Å². The summed E-state index contributed by atoms with van der Waals surface area (Å²) in [4.78, 5) is 34.3. The summed E-state index contributed by atoms with van der Waals surface area (Å²) in [5.74, 6) is 0.592. The number of hydrogen-bond donors (Lipinski definition) is 0. The number of carbonyl (C=O) groups excluding carboxylic acids is 1. The van der Waals surface area contributed by atoms with Crippen LogP contribution in [0.5, 0.6) is 0 Å². The molecule has 1 heterocycles. The van der Waals surface area contributed by atoms with E-state index in [9.17, 15) is 9.59 Å². The Bertz CT molecular complexity index is 1400. The van der Waals surface area contributed by atoms with Crippen LogP contribution in [0.25, 0.3) is 16.6 Å². The number of aryl methyl sites for hydroxylation is 1. The maximum Gasteiger partial charge on any atom is 0.266 e. The van der Waals surface area contributed by atoms with Crippen molar-refractivity contribution in [3.8, 4) is 5.69 Å². The summed E-state index contributed by atoms with van der Waals surface area (Å²) in [5.41, 5.74) is 3.05. The van der Waals surface area contributed by atoms with Crippen LogP contribution in [0.4, 0.5) is 0 Å². The molecule has 0 aliphatic heterocycles. The molecule has 0 fully saturated rings. The second kappa shape index (κ2) is 10.5. The second-order valence-corrected chi connectivity index (χ2v) is 10.3. The SMILES string of the molecule is CCc1ccc(-n2c(C(C)N(CCc3ccccc3)C(=O)C(C)(C)C)nc3ccccc3c2=O)cc1. The smallest absolute Gasteiger partial charge is 0.266 e. The fourth-order valence-corrected chi connectivity index (χ4v) is 4.50. The summed E-state index contributed by atoms with van der Waals surface area (Å²) in [7, 11) is 0. The summed E-state index contributed by atoms with van der Waals surface area (Å²) in [6, 6.07) is 25.2. The van der Waals surface area contributed by atoms with Crippen LogP contribution in [0, 0.1) is 5.41 Å². The molecule has 0 saturated carbocycles. The van der Waals surface area contributed by atoms with Crippen LogP contribution < -0.4 is 5.56 Å². The molecule has 0 saturated heterocycles. The van der Waals surface area contributed by atoms with Crippen molar-refractivity contribution in [3.63, 3.8) is 0 Å². The monoisotopic (exact) mass is 481 g/mol. The van der Waals surface area contributed by atoms with Gasteiger partial charge in [0.2, 0.25) is 5.91 Å². The topological polar surface area (TPSA) is 55.2 Å². The van der Waals surface area contributed by atoms with Crippen LogP contribution in [0.1, 0.15) is 57.6 Å². The molecule has 0 N–H and O–H groups in total. The highest BCUT2D eigenvalue weighted by molar-refractivity contribution is 5.82. The first-order valence-electron chi connectivity index (χ1n) is 12.7. The number of nitrogens with zero attached hydrogens (tertiary/aromatic N) is 3. The van der Waals surface area contributed by atoms with E-state index in [0.717, 1.165) is 24.1 Å². The number of rotatable bonds is 7. The number of benzene rings is 3. The fraction of sp³-hybridized carbons (Fsp3) is 0.323. The number of fused-ring (bicyclic) bond motifs is 1. The van der Waals surface area contributed by atoms with E-state index in [-0.39, 0.29) is 11.5 Å². The van der Waals surface area contributed by atoms with Crippen LogP contribution in [-0.2, 0) is 17.6 Å². The minimum Gasteiger partial charge on any atom is -0.332 e. The van der Waals surface area contributed by atoms with E-state index in [4.69, 9.17) is 4.98 Å². The van der Waals surface area contributed by atoms with E-state index in [1.807, 2.05) is 99.3 Å². The molecule has 5 nitrogen and oxygen atoms in total. The van der Waals surface area contributed by atoms with E-state index < -0.39 is 11.5 Å². The van der Waals surface area contributed by atoms with E-state index in [2.05, 4.69) is 19.1 Å². The molecule has 4 rings (SSSR count). The molecule has 0 bridgehead atoms. The van der Waals surface area contributed by atoms with Crippen molar-refractivity contribution in [1.29, 1.82) is 0 Å². The van der Waals surface area contributed by atoms with Crippen molar-refractivity contribution >= 4 is 16.8 Å². The lowest BCUT2D eigenvalue weighted by atomic mass is 9.93. The molecular weight excluding hydrogens is 446 g/mol. The predicted molar refractivity (Wildman–Crippen MR) is 146 cm³/mol. The highest BCUT2D eigenvalue weighted by atomic mass is 16.2. The van der Waals surface area contributed by atoms with Crippen molar-refractivity contribution in [2.75, 3.05) is 6.54 Å². The summed E-state index contributed by atoms with van der Waals surface area (Å²) < 4.78 is 1.68. The molecule has 36 heavy (non-hydrogen) atoms. The van der Waals surface area contributed by atoms with Gasteiger partial charge < -0.3 is 4.90 Å². The zero-order valence-electron chi connectivity index (χ0n) is 21.9. The lowest BCUT2D eigenvalue weighted by Crippen LogP contribution is -2.44. The van der Waals surface area contributed by atoms with Crippen molar-refractivity contribution in [2.24, 2.45) is 5.41 Å². The minimum atomic E-state index is -0.574. The third kappa shape index (κ3) is 5.25. The second-order valence-electron chi connectivity index (χ2n) is 10.3. The molecule has 1 aromatic heterocycles. The number of hydrogen-bond acceptors (Lipinski definition) is 3. The first-order chi connectivity index (χ1) is 17.2. The molecule has 1 unspecified atom stereocenters. The van der Waals surface area contributed by atoms with Gasteiger partial charge in [-0.3, -0.25) is 14.2 Å². The average Bonchev–Trinajstić information content (AvgIpc) is 2.88. The van der Waals surface area contributed by atoms with Crippen LogP contribution in [0.2, 0.25) is 0 Å². The summed E-state index contributed by atoms with van der Waals surface area (Å²) in [6.07, 6.45) is 1.64. The van der Waals surface area contributed by atoms with E-state index in [1.165, 1.54) is 5.56 Å². The summed E-state index contributed by atoms with van der Waals surface area (Å²) in [5, 5.41) is 0.561. The zero-order valence-corrected chi connectivity index (χ0v) is 21.9. The van der Waals surface area contributed by atoms with Gasteiger partial charge in [-0.2, -0.15) is 0 Å². The Kier molecular flexibility index (Phi) is 7.39. The first-order valence-corrected chi connectivity index (χ1v) is 12.7. The Labute approximate surface area is 213 Å². The molecule has 5 heteroatoms. The first kappa shape index (κ1) is 25.4. The Morgan fingerprint density at radius 1 is 0.917 bits per heavy atom. The van der Waals surface area contributed by atoms with Gasteiger partial charge in [0.25, 0.3) is 5.56 Å². The lowest BCUT2D eigenvalue weighted by Gasteiger charge is -2.35. The number of carbonyl (C=O) groups is 1. The van der Waals surface area contributed by atoms with Gasteiger partial charge >= 0.3 is 0 Å². The highest BCUT2D eigenvalue weighted by Gasteiger charge is 2.33.